The molecule has 1 atom stereocenters. The first-order valence-electron chi connectivity index (χ1n) is 8.57. The second-order valence-electron chi connectivity index (χ2n) is 6.27. The van der Waals surface area contributed by atoms with Crippen molar-refractivity contribution in [2.75, 3.05) is 19.8 Å². The molecule has 0 amide bonds. The van der Waals surface area contributed by atoms with Crippen molar-refractivity contribution < 1.29 is 4.74 Å². The minimum absolute atomic E-state index is 0.315. The largest absolute Gasteiger partial charge is 0.379 e. The van der Waals surface area contributed by atoms with Gasteiger partial charge in [-0.1, -0.05) is 58.4 Å². The third-order valence-electron chi connectivity index (χ3n) is 3.59. The van der Waals surface area contributed by atoms with Crippen LogP contribution in [0.2, 0.25) is 0 Å². The minimum atomic E-state index is 0.315. The molecule has 0 aliphatic rings. The molecule has 21 heavy (non-hydrogen) atoms. The summed E-state index contributed by atoms with van der Waals surface area (Å²) in [7, 11) is 0. The van der Waals surface area contributed by atoms with Crippen LogP contribution in [-0.2, 0) is 11.2 Å². The third-order valence-corrected chi connectivity index (χ3v) is 3.59. The van der Waals surface area contributed by atoms with E-state index in [2.05, 4.69) is 57.3 Å². The molecule has 0 bridgehead atoms. The molecular weight excluding hydrogens is 258 g/mol. The maximum Gasteiger partial charge on any atom is 0.0661 e. The van der Waals surface area contributed by atoms with E-state index in [4.69, 9.17) is 4.74 Å². The Hall–Kier alpha value is -0.860. The van der Waals surface area contributed by atoms with Crippen molar-refractivity contribution in [2.24, 2.45) is 5.92 Å². The van der Waals surface area contributed by atoms with Gasteiger partial charge in [-0.15, -0.1) is 0 Å². The highest BCUT2D eigenvalue weighted by Crippen LogP contribution is 2.16. The highest BCUT2D eigenvalue weighted by molar-refractivity contribution is 5.25. The zero-order chi connectivity index (χ0) is 15.5. The highest BCUT2D eigenvalue weighted by atomic mass is 16.5. The molecule has 0 heterocycles. The van der Waals surface area contributed by atoms with Crippen molar-refractivity contribution in [2.45, 2.75) is 59.4 Å². The van der Waals surface area contributed by atoms with Crippen LogP contribution in [0.25, 0.3) is 0 Å². The summed E-state index contributed by atoms with van der Waals surface area (Å²) < 4.78 is 5.82. The predicted octanol–water partition coefficient (Wildman–Crippen LogP) is 4.74. The molecule has 0 aliphatic heterocycles. The lowest BCUT2D eigenvalue weighted by Gasteiger charge is -2.19. The van der Waals surface area contributed by atoms with Crippen LogP contribution >= 0.6 is 0 Å². The summed E-state index contributed by atoms with van der Waals surface area (Å²) in [6.45, 7) is 11.6. The first-order valence-corrected chi connectivity index (χ1v) is 8.57. The fourth-order valence-electron chi connectivity index (χ4n) is 2.40. The monoisotopic (exact) mass is 291 g/mol. The zero-order valence-electron chi connectivity index (χ0n) is 14.3. The molecule has 1 aromatic rings. The van der Waals surface area contributed by atoms with Crippen LogP contribution in [0, 0.1) is 5.92 Å². The lowest BCUT2D eigenvalue weighted by atomic mass is 9.99. The molecule has 0 aromatic heterocycles. The van der Waals surface area contributed by atoms with E-state index in [-0.39, 0.29) is 0 Å². The molecule has 120 valence electrons. The molecule has 0 saturated carbocycles. The van der Waals surface area contributed by atoms with Crippen molar-refractivity contribution in [1.29, 1.82) is 0 Å². The Morgan fingerprint density at radius 3 is 2.33 bits per heavy atom. The Morgan fingerprint density at radius 2 is 1.76 bits per heavy atom. The number of ether oxygens (including phenoxy) is 1. The van der Waals surface area contributed by atoms with Crippen molar-refractivity contribution >= 4 is 0 Å². The van der Waals surface area contributed by atoms with E-state index >= 15 is 0 Å². The van der Waals surface area contributed by atoms with E-state index < -0.39 is 0 Å². The number of unbranched alkanes of at least 4 members (excludes halogenated alkanes) is 1. The molecule has 0 saturated heterocycles. The van der Waals surface area contributed by atoms with Gasteiger partial charge in [0.1, 0.15) is 0 Å². The minimum Gasteiger partial charge on any atom is -0.379 e. The van der Waals surface area contributed by atoms with E-state index in [1.54, 1.807) is 0 Å². The summed E-state index contributed by atoms with van der Waals surface area (Å²) in [5, 5.41) is 3.60. The molecule has 0 spiro atoms. The summed E-state index contributed by atoms with van der Waals surface area (Å²) in [4.78, 5) is 0. The molecule has 1 aromatic carbocycles. The van der Waals surface area contributed by atoms with Gasteiger partial charge in [0.25, 0.3) is 0 Å². The number of nitrogens with one attached hydrogen (secondary N) is 1. The fraction of sp³-hybridized carbons (Fsp3) is 0.684. The van der Waals surface area contributed by atoms with Crippen LogP contribution in [0.15, 0.2) is 24.3 Å². The summed E-state index contributed by atoms with van der Waals surface area (Å²) in [6.07, 6.45) is 4.64. The molecule has 1 rings (SSSR count). The highest BCUT2D eigenvalue weighted by Gasteiger charge is 2.11. The van der Waals surface area contributed by atoms with Gasteiger partial charge in [0.15, 0.2) is 0 Å². The van der Waals surface area contributed by atoms with Crippen LogP contribution in [0.1, 0.15) is 64.1 Å². The lowest BCUT2D eigenvalue weighted by Crippen LogP contribution is -2.26. The van der Waals surface area contributed by atoms with E-state index in [1.807, 2.05) is 0 Å². The van der Waals surface area contributed by atoms with Crippen LogP contribution in [0.5, 0.6) is 0 Å². The van der Waals surface area contributed by atoms with Crippen molar-refractivity contribution in [3.8, 4) is 0 Å². The SMILES string of the molecule is CCCCOCC(NCCC)c1ccc(CC(C)C)cc1. The van der Waals surface area contributed by atoms with Gasteiger partial charge < -0.3 is 10.1 Å². The topological polar surface area (TPSA) is 21.3 Å². The fourth-order valence-corrected chi connectivity index (χ4v) is 2.40. The molecule has 2 heteroatoms. The van der Waals surface area contributed by atoms with Gasteiger partial charge in [-0.05, 0) is 42.9 Å². The molecule has 2 nitrogen and oxygen atoms in total. The summed E-state index contributed by atoms with van der Waals surface area (Å²) in [5.74, 6) is 0.710. The quantitative estimate of drug-likeness (QED) is 0.594. The van der Waals surface area contributed by atoms with Gasteiger partial charge in [-0.25, -0.2) is 0 Å². The van der Waals surface area contributed by atoms with Gasteiger partial charge in [-0.3, -0.25) is 0 Å². The molecular formula is C19H33NO. The Morgan fingerprint density at radius 1 is 1.05 bits per heavy atom. The van der Waals surface area contributed by atoms with Crippen LogP contribution in [-0.4, -0.2) is 19.8 Å². The van der Waals surface area contributed by atoms with Gasteiger partial charge in [0.05, 0.1) is 12.6 Å². The molecule has 0 fully saturated rings. The van der Waals surface area contributed by atoms with Crippen molar-refractivity contribution in [1.82, 2.24) is 5.32 Å². The molecule has 0 radical (unpaired) electrons. The second kappa shape index (κ2) is 10.8. The van der Waals surface area contributed by atoms with Crippen LogP contribution in [0.3, 0.4) is 0 Å². The Balaban J connectivity index is 2.59. The molecule has 1 N–H and O–H groups in total. The third kappa shape index (κ3) is 7.63. The first kappa shape index (κ1) is 18.2. The second-order valence-corrected chi connectivity index (χ2v) is 6.27. The average molecular weight is 291 g/mol. The number of rotatable bonds is 11. The summed E-state index contributed by atoms with van der Waals surface area (Å²) >= 11 is 0. The summed E-state index contributed by atoms with van der Waals surface area (Å²) in [5.41, 5.74) is 2.77. The van der Waals surface area contributed by atoms with Crippen LogP contribution < -0.4 is 5.32 Å². The lowest BCUT2D eigenvalue weighted by molar-refractivity contribution is 0.109. The van der Waals surface area contributed by atoms with Crippen molar-refractivity contribution in [3.05, 3.63) is 35.4 Å². The smallest absolute Gasteiger partial charge is 0.0661 e. The van der Waals surface area contributed by atoms with Gasteiger partial charge in [0, 0.05) is 6.61 Å². The summed E-state index contributed by atoms with van der Waals surface area (Å²) in [6, 6.07) is 9.36. The van der Waals surface area contributed by atoms with Gasteiger partial charge >= 0.3 is 0 Å². The Labute approximate surface area is 131 Å². The van der Waals surface area contributed by atoms with E-state index in [0.717, 1.165) is 39.0 Å². The van der Waals surface area contributed by atoms with E-state index in [9.17, 15) is 0 Å². The number of hydrogen-bond acceptors (Lipinski definition) is 2. The normalized spacial score (nSPS) is 12.8. The maximum absolute atomic E-state index is 5.82. The van der Waals surface area contributed by atoms with Gasteiger partial charge in [0.2, 0.25) is 0 Å². The maximum atomic E-state index is 5.82. The standard InChI is InChI=1S/C19H33NO/c1-5-7-13-21-15-19(20-12-6-2)18-10-8-17(9-11-18)14-16(3)4/h8-11,16,19-20H,5-7,12-15H2,1-4H3. The van der Waals surface area contributed by atoms with Gasteiger partial charge in [-0.2, -0.15) is 0 Å². The number of hydrogen-bond donors (Lipinski definition) is 1. The van der Waals surface area contributed by atoms with E-state index in [0.29, 0.717) is 12.0 Å². The average Bonchev–Trinajstić information content (AvgIpc) is 2.47. The zero-order valence-corrected chi connectivity index (χ0v) is 14.3. The number of benzene rings is 1. The Kier molecular flexibility index (Phi) is 9.36. The molecule has 0 aliphatic carbocycles. The predicted molar refractivity (Wildman–Crippen MR) is 91.7 cm³/mol. The van der Waals surface area contributed by atoms with Crippen LogP contribution in [0.4, 0.5) is 0 Å². The Bertz CT molecular complexity index is 358. The van der Waals surface area contributed by atoms with Crippen molar-refractivity contribution in [3.63, 3.8) is 0 Å². The molecule has 1 unspecified atom stereocenters. The van der Waals surface area contributed by atoms with E-state index in [1.165, 1.54) is 17.5 Å². The first-order chi connectivity index (χ1) is 10.2.